The molecular weight excluding hydrogens is 152 g/mol. The molecule has 0 spiro atoms. The molecule has 1 atom stereocenters. The molecule has 2 rings (SSSR count). The summed E-state index contributed by atoms with van der Waals surface area (Å²) in [5.74, 6) is 0. The van der Waals surface area contributed by atoms with Gasteiger partial charge in [-0.3, -0.25) is 0 Å². The van der Waals surface area contributed by atoms with E-state index in [1.165, 1.54) is 0 Å². The summed E-state index contributed by atoms with van der Waals surface area (Å²) in [4.78, 5) is 9.40. The second kappa shape index (κ2) is 2.95. The second-order valence-corrected chi connectivity index (χ2v) is 2.56. The van der Waals surface area contributed by atoms with E-state index in [9.17, 15) is 0 Å². The third kappa shape index (κ3) is 1.31. The average molecular weight is 161 g/mol. The number of aliphatic imine (C=N–C) groups is 1. The maximum Gasteiger partial charge on any atom is 0.174 e. The van der Waals surface area contributed by atoms with E-state index in [4.69, 9.17) is 4.84 Å². The highest BCUT2D eigenvalue weighted by molar-refractivity contribution is 5.77. The Balaban J connectivity index is 2.18. The lowest BCUT2D eigenvalue weighted by Crippen LogP contribution is -2.17. The monoisotopic (exact) mass is 161 g/mol. The fourth-order valence-corrected chi connectivity index (χ4v) is 1.02. The van der Waals surface area contributed by atoms with E-state index in [1.807, 2.05) is 31.2 Å². The van der Waals surface area contributed by atoms with Gasteiger partial charge in [0.2, 0.25) is 0 Å². The van der Waals surface area contributed by atoms with Crippen molar-refractivity contribution in [2.45, 2.75) is 13.2 Å². The molecule has 0 aliphatic carbocycles. The van der Waals surface area contributed by atoms with E-state index in [0.29, 0.717) is 0 Å². The highest BCUT2D eigenvalue weighted by atomic mass is 16.7. The molecule has 1 unspecified atom stereocenters. The molecular formula is C9H9N2O. The van der Waals surface area contributed by atoms with Gasteiger partial charge in [0.1, 0.15) is 6.34 Å². The number of hydrogen-bond donors (Lipinski definition) is 0. The first-order valence-electron chi connectivity index (χ1n) is 3.82. The highest BCUT2D eigenvalue weighted by Crippen LogP contribution is 2.16. The Bertz CT molecular complexity index is 284. The first kappa shape index (κ1) is 7.31. The van der Waals surface area contributed by atoms with Gasteiger partial charge in [-0.2, -0.15) is 0 Å². The van der Waals surface area contributed by atoms with Crippen LogP contribution in [0.4, 0.5) is 5.69 Å². The summed E-state index contributed by atoms with van der Waals surface area (Å²) in [6, 6.07) is 10.5. The zero-order chi connectivity index (χ0) is 8.39. The Labute approximate surface area is 71.2 Å². The molecule has 1 radical (unpaired) electrons. The summed E-state index contributed by atoms with van der Waals surface area (Å²) < 4.78 is 0. The van der Waals surface area contributed by atoms with E-state index < -0.39 is 0 Å². The van der Waals surface area contributed by atoms with E-state index in [1.54, 1.807) is 11.4 Å². The van der Waals surface area contributed by atoms with Gasteiger partial charge in [-0.25, -0.2) is 14.9 Å². The first-order valence-corrected chi connectivity index (χ1v) is 3.82. The lowest BCUT2D eigenvalue weighted by molar-refractivity contribution is 0.101. The van der Waals surface area contributed by atoms with Crippen LogP contribution < -0.4 is 5.06 Å². The minimum absolute atomic E-state index is 0.0785. The fourth-order valence-electron chi connectivity index (χ4n) is 1.02. The number of benzene rings is 1. The number of hydrogen-bond acceptors (Lipinski definition) is 3. The summed E-state index contributed by atoms with van der Waals surface area (Å²) in [6.45, 7) is 1.89. The van der Waals surface area contributed by atoms with Crippen molar-refractivity contribution in [2.75, 3.05) is 5.06 Å². The molecule has 0 fully saturated rings. The van der Waals surface area contributed by atoms with Gasteiger partial charge >= 0.3 is 0 Å². The van der Waals surface area contributed by atoms with Crippen LogP contribution in [-0.4, -0.2) is 12.6 Å². The van der Waals surface area contributed by atoms with E-state index in [2.05, 4.69) is 11.1 Å². The van der Waals surface area contributed by atoms with Gasteiger partial charge in [-0.05, 0) is 25.1 Å². The standard InChI is InChI=1S/C9H9N2O/c1-8-10-7-11(12-8)9-5-3-2-4-6-9/h2-3,5-8H,1H3. The van der Waals surface area contributed by atoms with Crippen molar-refractivity contribution < 1.29 is 4.84 Å². The van der Waals surface area contributed by atoms with Crippen LogP contribution in [0.25, 0.3) is 0 Å². The van der Waals surface area contributed by atoms with E-state index >= 15 is 0 Å². The summed E-state index contributed by atoms with van der Waals surface area (Å²) in [5, 5.41) is 1.64. The Morgan fingerprint density at radius 1 is 1.67 bits per heavy atom. The van der Waals surface area contributed by atoms with Crippen LogP contribution in [0.2, 0.25) is 0 Å². The molecule has 1 heterocycles. The van der Waals surface area contributed by atoms with Gasteiger partial charge < -0.3 is 0 Å². The SMILES string of the molecule is CC1N=CN(c2c[c]ccc2)O1. The largest absolute Gasteiger partial charge is 0.241 e. The van der Waals surface area contributed by atoms with Crippen LogP contribution in [0.1, 0.15) is 6.92 Å². The summed E-state index contributed by atoms with van der Waals surface area (Å²) in [7, 11) is 0. The second-order valence-electron chi connectivity index (χ2n) is 2.56. The quantitative estimate of drug-likeness (QED) is 0.625. The molecule has 1 aromatic rings. The van der Waals surface area contributed by atoms with E-state index in [0.717, 1.165) is 5.69 Å². The molecule has 12 heavy (non-hydrogen) atoms. The van der Waals surface area contributed by atoms with Gasteiger partial charge in [0, 0.05) is 0 Å². The Kier molecular flexibility index (Phi) is 1.80. The molecule has 61 valence electrons. The summed E-state index contributed by atoms with van der Waals surface area (Å²) >= 11 is 0. The zero-order valence-corrected chi connectivity index (χ0v) is 6.77. The molecule has 1 aliphatic rings. The lowest BCUT2D eigenvalue weighted by Gasteiger charge is -2.13. The zero-order valence-electron chi connectivity index (χ0n) is 6.77. The number of rotatable bonds is 1. The first-order chi connectivity index (χ1) is 5.86. The van der Waals surface area contributed by atoms with Crippen molar-refractivity contribution in [3.05, 3.63) is 30.3 Å². The van der Waals surface area contributed by atoms with Crippen LogP contribution in [-0.2, 0) is 4.84 Å². The number of anilines is 1. The van der Waals surface area contributed by atoms with Crippen LogP contribution in [0.15, 0.2) is 29.3 Å². The van der Waals surface area contributed by atoms with Crippen LogP contribution in [0, 0.1) is 6.07 Å². The Morgan fingerprint density at radius 2 is 2.58 bits per heavy atom. The van der Waals surface area contributed by atoms with Crippen LogP contribution in [0.3, 0.4) is 0 Å². The average Bonchev–Trinajstić information content (AvgIpc) is 2.54. The highest BCUT2D eigenvalue weighted by Gasteiger charge is 2.13. The predicted molar refractivity (Wildman–Crippen MR) is 46.8 cm³/mol. The molecule has 0 saturated carbocycles. The normalized spacial score (nSPS) is 21.8. The van der Waals surface area contributed by atoms with Crippen molar-refractivity contribution in [1.29, 1.82) is 0 Å². The van der Waals surface area contributed by atoms with Crippen molar-refractivity contribution in [3.8, 4) is 0 Å². The van der Waals surface area contributed by atoms with Gasteiger partial charge in [0.15, 0.2) is 6.23 Å². The van der Waals surface area contributed by atoms with Crippen molar-refractivity contribution in [3.63, 3.8) is 0 Å². The Hall–Kier alpha value is -1.35. The minimum Gasteiger partial charge on any atom is -0.241 e. The van der Waals surface area contributed by atoms with Gasteiger partial charge in [-0.15, -0.1) is 0 Å². The maximum atomic E-state index is 5.34. The smallest absolute Gasteiger partial charge is 0.174 e. The predicted octanol–water partition coefficient (Wildman–Crippen LogP) is 1.61. The molecule has 0 N–H and O–H groups in total. The minimum atomic E-state index is -0.0785. The molecule has 1 aliphatic heterocycles. The van der Waals surface area contributed by atoms with Gasteiger partial charge in [-0.1, -0.05) is 12.1 Å². The Morgan fingerprint density at radius 3 is 3.17 bits per heavy atom. The maximum absolute atomic E-state index is 5.34. The molecule has 0 aromatic heterocycles. The van der Waals surface area contributed by atoms with Crippen molar-refractivity contribution in [1.82, 2.24) is 0 Å². The fraction of sp³-hybridized carbons (Fsp3) is 0.222. The van der Waals surface area contributed by atoms with Crippen LogP contribution >= 0.6 is 0 Å². The van der Waals surface area contributed by atoms with Gasteiger partial charge in [0.05, 0.1) is 5.69 Å². The van der Waals surface area contributed by atoms with E-state index in [-0.39, 0.29) is 6.23 Å². The van der Waals surface area contributed by atoms with Crippen molar-refractivity contribution in [2.24, 2.45) is 4.99 Å². The molecule has 0 bridgehead atoms. The number of nitrogens with zero attached hydrogens (tertiary/aromatic N) is 2. The molecule has 0 amide bonds. The summed E-state index contributed by atoms with van der Waals surface area (Å²) in [6.07, 6.45) is 1.60. The third-order valence-electron chi connectivity index (χ3n) is 1.59. The third-order valence-corrected chi connectivity index (χ3v) is 1.59. The lowest BCUT2D eigenvalue weighted by atomic mass is 10.3. The topological polar surface area (TPSA) is 24.8 Å². The number of hydroxylamine groups is 1. The molecule has 3 nitrogen and oxygen atoms in total. The van der Waals surface area contributed by atoms with Crippen LogP contribution in [0.5, 0.6) is 0 Å². The van der Waals surface area contributed by atoms with Gasteiger partial charge in [0.25, 0.3) is 0 Å². The molecule has 1 aromatic carbocycles. The molecule has 3 heteroatoms. The molecule has 0 saturated heterocycles. The summed E-state index contributed by atoms with van der Waals surface area (Å²) in [5.41, 5.74) is 0.950. The van der Waals surface area contributed by atoms with Crippen molar-refractivity contribution >= 4 is 12.0 Å².